The van der Waals surface area contributed by atoms with Crippen LogP contribution in [0.4, 0.5) is 5.13 Å². The van der Waals surface area contributed by atoms with Crippen molar-refractivity contribution in [2.24, 2.45) is 5.16 Å². The number of rotatable bonds is 6. The average Bonchev–Trinajstić information content (AvgIpc) is 3.18. The quantitative estimate of drug-likeness (QED) is 0.148. The third kappa shape index (κ3) is 4.07. The Morgan fingerprint density at radius 1 is 1.38 bits per heavy atom. The summed E-state index contributed by atoms with van der Waals surface area (Å²) in [5.74, 6) is -1.95. The molecule has 1 unspecified atom stereocenters. The zero-order valence-corrected chi connectivity index (χ0v) is 19.1. The summed E-state index contributed by atoms with van der Waals surface area (Å²) in [5, 5.41) is 25.8. The molecule has 0 aliphatic carbocycles. The number of likely N-dealkylation sites (N-methyl/N-ethyl adjacent to an activating group) is 1. The Kier molecular flexibility index (Phi) is 6.14. The van der Waals surface area contributed by atoms with Crippen molar-refractivity contribution in [3.63, 3.8) is 0 Å². The van der Waals surface area contributed by atoms with E-state index in [1.165, 1.54) is 28.5 Å². The first-order valence-electron chi connectivity index (χ1n) is 10.2. The smallest absolute Gasteiger partial charge is 0.352 e. The lowest BCUT2D eigenvalue weighted by atomic mass is 10.0. The summed E-state index contributed by atoms with van der Waals surface area (Å²) < 4.78 is 0.770. The van der Waals surface area contributed by atoms with Gasteiger partial charge in [-0.1, -0.05) is 5.16 Å². The summed E-state index contributed by atoms with van der Waals surface area (Å²) >= 11 is 2.51. The normalized spacial score (nSPS) is 25.2. The minimum Gasteiger partial charge on any atom is -0.477 e. The van der Waals surface area contributed by atoms with Crippen LogP contribution in [0.25, 0.3) is 0 Å². The number of nitrogens with one attached hydrogen (secondary N) is 1. The number of likely N-dealkylation sites (tertiary alicyclic amines) is 1. The molecule has 0 radical (unpaired) electrons. The van der Waals surface area contributed by atoms with Gasteiger partial charge in [0.05, 0.1) is 20.1 Å². The first kappa shape index (κ1) is 22.6. The highest BCUT2D eigenvalue weighted by Gasteiger charge is 2.55. The van der Waals surface area contributed by atoms with Crippen molar-refractivity contribution in [2.45, 2.75) is 30.7 Å². The van der Waals surface area contributed by atoms with Crippen LogP contribution in [0, 0.1) is 0 Å². The summed E-state index contributed by atoms with van der Waals surface area (Å²) in [7, 11) is 2.13. The van der Waals surface area contributed by atoms with E-state index in [-0.39, 0.29) is 22.2 Å². The van der Waals surface area contributed by atoms with E-state index in [0.29, 0.717) is 12.3 Å². The molecule has 2 fully saturated rings. The number of hydrogen-bond donors (Lipinski definition) is 4. The minimum atomic E-state index is -1.14. The standard InChI is InChI=1S/C19H24N6O5S2/c1-25(5-3-2-4-6-25)7-10-8-31-17-13(16(27)24(17)14(10)18(28)29)22-15(26)12(23-30)11-9-32-19(20)21-11/h9,13,17H,2-8H2,1H3,(H4-,20,21,22,26,28,29,30)/p+1/t13?,17-/m1/s1. The number of carbonyl (C=O) groups is 3. The van der Waals surface area contributed by atoms with Gasteiger partial charge >= 0.3 is 5.97 Å². The van der Waals surface area contributed by atoms with Gasteiger partial charge in [0, 0.05) is 16.7 Å². The number of carboxylic acids is 1. The Balaban J connectivity index is 1.50. The fourth-order valence-corrected chi connectivity index (χ4v) is 6.40. The molecule has 0 spiro atoms. The molecule has 13 heteroatoms. The van der Waals surface area contributed by atoms with E-state index in [0.717, 1.165) is 47.3 Å². The summed E-state index contributed by atoms with van der Waals surface area (Å²) in [6.45, 7) is 2.57. The van der Waals surface area contributed by atoms with Crippen LogP contribution in [-0.2, 0) is 14.4 Å². The van der Waals surface area contributed by atoms with Crippen molar-refractivity contribution < 1.29 is 29.2 Å². The van der Waals surface area contributed by atoms with Gasteiger partial charge < -0.3 is 25.8 Å². The first-order chi connectivity index (χ1) is 15.2. The Morgan fingerprint density at radius 2 is 2.09 bits per heavy atom. The first-order valence-corrected chi connectivity index (χ1v) is 12.1. The predicted molar refractivity (Wildman–Crippen MR) is 119 cm³/mol. The molecule has 3 aliphatic rings. The Hall–Kier alpha value is -2.64. The Labute approximate surface area is 192 Å². The molecule has 4 heterocycles. The second kappa shape index (κ2) is 8.71. The van der Waals surface area contributed by atoms with Gasteiger partial charge in [-0.05, 0) is 19.3 Å². The van der Waals surface area contributed by atoms with Gasteiger partial charge in [-0.25, -0.2) is 9.78 Å². The minimum absolute atomic E-state index is 0.0255. The topological polar surface area (TPSA) is 158 Å². The number of fused-ring (bicyclic) bond motifs is 1. The van der Waals surface area contributed by atoms with Gasteiger partial charge in [-0.15, -0.1) is 23.1 Å². The SMILES string of the molecule is C[N+]1(CC2=C(C(=O)O)N3C(=O)C(NC(=O)C(=NO)c4csc(N)n4)[C@H]3SC2)CCCCC1. The van der Waals surface area contributed by atoms with Crippen molar-refractivity contribution in [1.29, 1.82) is 0 Å². The fourth-order valence-electron chi connectivity index (χ4n) is 4.52. The van der Waals surface area contributed by atoms with Crippen LogP contribution < -0.4 is 11.1 Å². The molecule has 1 aromatic heterocycles. The van der Waals surface area contributed by atoms with Gasteiger partial charge in [0.2, 0.25) is 0 Å². The maximum Gasteiger partial charge on any atom is 0.352 e. The molecule has 3 aliphatic heterocycles. The number of β-lactam (4-membered cyclic amide) rings is 1. The number of aliphatic carboxylic acids is 1. The van der Waals surface area contributed by atoms with E-state index >= 15 is 0 Å². The third-order valence-corrected chi connectivity index (χ3v) is 8.10. The number of aromatic nitrogens is 1. The number of nitrogen functional groups attached to an aromatic ring is 1. The molecule has 0 saturated carbocycles. The number of hydrogen-bond acceptors (Lipinski definition) is 9. The molecule has 4 rings (SSSR count). The Bertz CT molecular complexity index is 1020. The average molecular weight is 482 g/mol. The van der Waals surface area contributed by atoms with Crippen LogP contribution in [-0.4, -0.2) is 92.0 Å². The van der Waals surface area contributed by atoms with Gasteiger partial charge in [0.1, 0.15) is 29.4 Å². The van der Waals surface area contributed by atoms with Gasteiger partial charge in [-0.2, -0.15) is 0 Å². The molecule has 2 saturated heterocycles. The van der Waals surface area contributed by atoms with Crippen LogP contribution in [0.3, 0.4) is 0 Å². The largest absolute Gasteiger partial charge is 0.477 e. The summed E-state index contributed by atoms with van der Waals surface area (Å²) in [6, 6.07) is -0.920. The van der Waals surface area contributed by atoms with Crippen molar-refractivity contribution in [3.8, 4) is 0 Å². The number of piperidine rings is 1. The van der Waals surface area contributed by atoms with Crippen molar-refractivity contribution in [3.05, 3.63) is 22.3 Å². The predicted octanol–water partition coefficient (Wildman–Crippen LogP) is 0.273. The molecule has 172 valence electrons. The monoisotopic (exact) mass is 481 g/mol. The van der Waals surface area contributed by atoms with Crippen LogP contribution in [0.1, 0.15) is 25.0 Å². The number of nitrogens with zero attached hydrogens (tertiary/aromatic N) is 4. The number of amides is 2. The molecule has 11 nitrogen and oxygen atoms in total. The second-order valence-corrected chi connectivity index (χ2v) is 10.4. The van der Waals surface area contributed by atoms with Crippen molar-refractivity contribution in [2.75, 3.05) is 38.2 Å². The Morgan fingerprint density at radius 3 is 2.69 bits per heavy atom. The summed E-state index contributed by atoms with van der Waals surface area (Å²) in [4.78, 5) is 42.8. The molecule has 0 aromatic carbocycles. The fraction of sp³-hybridized carbons (Fsp3) is 0.526. The van der Waals surface area contributed by atoms with Gasteiger partial charge in [0.15, 0.2) is 10.8 Å². The van der Waals surface area contributed by atoms with Crippen LogP contribution in [0.15, 0.2) is 21.8 Å². The van der Waals surface area contributed by atoms with Crippen molar-refractivity contribution in [1.82, 2.24) is 15.2 Å². The number of oxime groups is 1. The number of thiazole rings is 1. The van der Waals surface area contributed by atoms with Crippen LogP contribution in [0.5, 0.6) is 0 Å². The van der Waals surface area contributed by atoms with Crippen LogP contribution in [0.2, 0.25) is 0 Å². The van der Waals surface area contributed by atoms with E-state index in [9.17, 15) is 24.7 Å². The molecule has 0 bridgehead atoms. The number of thioether (sulfide) groups is 1. The zero-order valence-electron chi connectivity index (χ0n) is 17.5. The van der Waals surface area contributed by atoms with Crippen LogP contribution >= 0.6 is 23.1 Å². The molecular formula is C19H25N6O5S2+. The lowest BCUT2D eigenvalue weighted by Crippen LogP contribution is -2.71. The van der Waals surface area contributed by atoms with E-state index in [1.54, 1.807) is 0 Å². The van der Waals surface area contributed by atoms with E-state index in [1.807, 2.05) is 0 Å². The highest BCUT2D eigenvalue weighted by molar-refractivity contribution is 8.00. The molecule has 5 N–H and O–H groups in total. The van der Waals surface area contributed by atoms with E-state index < -0.39 is 29.2 Å². The summed E-state index contributed by atoms with van der Waals surface area (Å²) in [5.41, 5.74) is 6.08. The summed E-state index contributed by atoms with van der Waals surface area (Å²) in [6.07, 6.45) is 3.41. The van der Waals surface area contributed by atoms with Gasteiger partial charge in [0.25, 0.3) is 11.8 Å². The zero-order chi connectivity index (χ0) is 23.0. The maximum atomic E-state index is 12.9. The molecule has 2 amide bonds. The lowest BCUT2D eigenvalue weighted by molar-refractivity contribution is -0.909. The van der Waals surface area contributed by atoms with E-state index in [2.05, 4.69) is 22.5 Å². The molecule has 2 atom stereocenters. The highest BCUT2D eigenvalue weighted by atomic mass is 32.2. The molecule has 1 aromatic rings. The maximum absolute atomic E-state index is 12.9. The number of anilines is 1. The number of carboxylic acid groups (broad SMARTS) is 1. The molecule has 32 heavy (non-hydrogen) atoms. The second-order valence-electron chi connectivity index (χ2n) is 8.42. The van der Waals surface area contributed by atoms with Crippen molar-refractivity contribution >= 4 is 51.7 Å². The third-order valence-electron chi connectivity index (χ3n) is 6.08. The number of nitrogens with two attached hydrogens (primary N) is 1. The molecular weight excluding hydrogens is 456 g/mol. The lowest BCUT2D eigenvalue weighted by Gasteiger charge is -2.50. The number of carbonyl (C=O) groups excluding carboxylic acids is 2. The van der Waals surface area contributed by atoms with Gasteiger partial charge in [-0.3, -0.25) is 14.5 Å². The van der Waals surface area contributed by atoms with E-state index in [4.69, 9.17) is 5.73 Å². The number of quaternary nitrogens is 1. The highest BCUT2D eigenvalue weighted by Crippen LogP contribution is 2.41.